The van der Waals surface area contributed by atoms with E-state index in [0.29, 0.717) is 29.8 Å². The average Bonchev–Trinajstić information content (AvgIpc) is 2.46. The number of rotatable bonds is 3. The molecule has 1 aliphatic rings. The van der Waals surface area contributed by atoms with Crippen molar-refractivity contribution in [1.29, 1.82) is 0 Å². The Labute approximate surface area is 120 Å². The van der Waals surface area contributed by atoms with Crippen LogP contribution in [-0.4, -0.2) is 45.4 Å². The number of hydrogen-bond acceptors (Lipinski definition) is 3. The molecule has 1 aliphatic heterocycles. The highest BCUT2D eigenvalue weighted by Crippen LogP contribution is 2.19. The molecule has 0 saturated carbocycles. The van der Waals surface area contributed by atoms with Crippen molar-refractivity contribution < 1.29 is 18.9 Å². The maximum absolute atomic E-state index is 12.3. The Morgan fingerprint density at radius 2 is 1.95 bits per heavy atom. The molecule has 1 saturated heterocycles. The number of hydrogen-bond donors (Lipinski definition) is 1. The van der Waals surface area contributed by atoms with Gasteiger partial charge in [0, 0.05) is 40.6 Å². The molecule has 1 fully saturated rings. The molecule has 0 spiro atoms. The van der Waals surface area contributed by atoms with Crippen LogP contribution in [0.2, 0.25) is 0 Å². The fraction of sp³-hybridized carbons (Fsp3) is 0.429. The van der Waals surface area contributed by atoms with Gasteiger partial charge in [0.25, 0.3) is 5.91 Å². The van der Waals surface area contributed by atoms with E-state index in [9.17, 15) is 13.8 Å². The number of amides is 1. The molecule has 2 rings (SSSR count). The molecule has 0 radical (unpaired) electrons. The van der Waals surface area contributed by atoms with E-state index in [-0.39, 0.29) is 12.5 Å². The summed E-state index contributed by atoms with van der Waals surface area (Å²) < 4.78 is 11.3. The summed E-state index contributed by atoms with van der Waals surface area (Å²) in [6.45, 7) is 0.847. The van der Waals surface area contributed by atoms with Gasteiger partial charge in [0.1, 0.15) is 0 Å². The number of aliphatic carboxylic acids is 1. The highest BCUT2D eigenvalue weighted by Gasteiger charge is 2.28. The molecule has 1 aromatic rings. The molecule has 108 valence electrons. The first kappa shape index (κ1) is 14.7. The molecule has 1 amide bonds. The minimum absolute atomic E-state index is 0.163. The molecular formula is C14H17NO4S. The van der Waals surface area contributed by atoms with Gasteiger partial charge in [-0.05, 0) is 37.1 Å². The Hall–Kier alpha value is -1.69. The quantitative estimate of drug-likeness (QED) is 0.913. The third-order valence-electron chi connectivity index (χ3n) is 3.49. The van der Waals surface area contributed by atoms with Crippen molar-refractivity contribution >= 4 is 22.7 Å². The Bertz CT molecular complexity index is 541. The number of carboxylic acid groups (broad SMARTS) is 1. The zero-order valence-corrected chi connectivity index (χ0v) is 12.1. The monoisotopic (exact) mass is 295 g/mol. The summed E-state index contributed by atoms with van der Waals surface area (Å²) in [5, 5.41) is 9.03. The normalized spacial score (nSPS) is 20.4. The van der Waals surface area contributed by atoms with Crippen molar-refractivity contribution in [2.75, 3.05) is 19.3 Å². The predicted molar refractivity (Wildman–Crippen MR) is 75.0 cm³/mol. The third-order valence-corrected chi connectivity index (χ3v) is 4.43. The van der Waals surface area contributed by atoms with E-state index in [1.807, 2.05) is 0 Å². The molecule has 0 aromatic heterocycles. The number of piperidine rings is 1. The topological polar surface area (TPSA) is 74.7 Å². The maximum Gasteiger partial charge on any atom is 0.308 e. The second-order valence-corrected chi connectivity index (χ2v) is 6.29. The molecule has 0 aliphatic carbocycles. The first-order chi connectivity index (χ1) is 9.49. The molecule has 1 N–H and O–H groups in total. The largest absolute Gasteiger partial charge is 0.481 e. The number of nitrogens with zero attached hydrogens (tertiary/aromatic N) is 1. The van der Waals surface area contributed by atoms with Gasteiger partial charge in [-0.3, -0.25) is 13.8 Å². The van der Waals surface area contributed by atoms with Crippen LogP contribution in [0, 0.1) is 5.92 Å². The van der Waals surface area contributed by atoms with E-state index in [0.717, 1.165) is 0 Å². The van der Waals surface area contributed by atoms with Gasteiger partial charge in [-0.25, -0.2) is 0 Å². The van der Waals surface area contributed by atoms with Crippen LogP contribution in [0.4, 0.5) is 0 Å². The van der Waals surface area contributed by atoms with Crippen LogP contribution in [0.25, 0.3) is 0 Å². The van der Waals surface area contributed by atoms with E-state index in [1.165, 1.54) is 0 Å². The zero-order chi connectivity index (χ0) is 14.7. The van der Waals surface area contributed by atoms with Crippen LogP contribution < -0.4 is 0 Å². The number of likely N-dealkylation sites (tertiary alicyclic amines) is 1. The lowest BCUT2D eigenvalue weighted by Crippen LogP contribution is -2.42. The first-order valence-corrected chi connectivity index (χ1v) is 8.00. The molecule has 6 heteroatoms. The Kier molecular flexibility index (Phi) is 4.54. The van der Waals surface area contributed by atoms with E-state index < -0.39 is 22.7 Å². The van der Waals surface area contributed by atoms with Crippen molar-refractivity contribution in [3.63, 3.8) is 0 Å². The first-order valence-electron chi connectivity index (χ1n) is 6.44. The molecule has 1 heterocycles. The summed E-state index contributed by atoms with van der Waals surface area (Å²) in [7, 11) is -1.07. The van der Waals surface area contributed by atoms with Crippen molar-refractivity contribution in [3.05, 3.63) is 29.8 Å². The van der Waals surface area contributed by atoms with Crippen LogP contribution in [0.3, 0.4) is 0 Å². The van der Waals surface area contributed by atoms with Crippen molar-refractivity contribution in [2.24, 2.45) is 5.92 Å². The minimum atomic E-state index is -1.07. The zero-order valence-electron chi connectivity index (χ0n) is 11.2. The van der Waals surface area contributed by atoms with Gasteiger partial charge in [-0.15, -0.1) is 0 Å². The lowest BCUT2D eigenvalue weighted by atomic mass is 9.97. The molecule has 0 bridgehead atoms. The second-order valence-electron chi connectivity index (χ2n) is 4.91. The van der Waals surface area contributed by atoms with Crippen LogP contribution >= 0.6 is 0 Å². The van der Waals surface area contributed by atoms with Gasteiger partial charge in [-0.1, -0.05) is 0 Å². The van der Waals surface area contributed by atoms with Crippen LogP contribution in [0.15, 0.2) is 29.2 Å². The van der Waals surface area contributed by atoms with E-state index in [4.69, 9.17) is 5.11 Å². The number of carboxylic acids is 1. The highest BCUT2D eigenvalue weighted by atomic mass is 32.2. The molecular weight excluding hydrogens is 278 g/mol. The Balaban J connectivity index is 2.10. The predicted octanol–water partition coefficient (Wildman–Crippen LogP) is 1.36. The molecule has 1 aromatic carbocycles. The number of carbonyl (C=O) groups is 2. The fourth-order valence-electron chi connectivity index (χ4n) is 2.33. The van der Waals surface area contributed by atoms with E-state index in [1.54, 1.807) is 35.4 Å². The fourth-order valence-corrected chi connectivity index (χ4v) is 2.85. The van der Waals surface area contributed by atoms with Gasteiger partial charge < -0.3 is 10.0 Å². The number of carbonyl (C=O) groups excluding carboxylic acids is 1. The molecule has 20 heavy (non-hydrogen) atoms. The molecule has 5 nitrogen and oxygen atoms in total. The summed E-state index contributed by atoms with van der Waals surface area (Å²) in [6, 6.07) is 6.62. The van der Waals surface area contributed by atoms with Gasteiger partial charge in [0.05, 0.1) is 5.92 Å². The highest BCUT2D eigenvalue weighted by molar-refractivity contribution is 7.84. The summed E-state index contributed by atoms with van der Waals surface area (Å²) in [6.07, 6.45) is 2.91. The Morgan fingerprint density at radius 1 is 1.30 bits per heavy atom. The lowest BCUT2D eigenvalue weighted by Gasteiger charge is -2.30. The summed E-state index contributed by atoms with van der Waals surface area (Å²) in [4.78, 5) is 25.6. The van der Waals surface area contributed by atoms with E-state index in [2.05, 4.69) is 0 Å². The molecule has 0 unspecified atom stereocenters. The maximum atomic E-state index is 12.3. The average molecular weight is 295 g/mol. The Morgan fingerprint density at radius 3 is 2.50 bits per heavy atom. The third kappa shape index (κ3) is 3.25. The van der Waals surface area contributed by atoms with Gasteiger partial charge in [0.15, 0.2) is 0 Å². The van der Waals surface area contributed by atoms with Gasteiger partial charge in [-0.2, -0.15) is 0 Å². The molecule has 2 atom stereocenters. The number of benzene rings is 1. The lowest BCUT2D eigenvalue weighted by molar-refractivity contribution is -0.143. The van der Waals surface area contributed by atoms with Gasteiger partial charge in [0.2, 0.25) is 0 Å². The standard InChI is InChI=1S/C14H17NO4S/c1-20(19)12-6-4-10(5-7-12)13(16)15-8-2-3-11(9-15)14(17)18/h4-7,11H,2-3,8-9H2,1H3,(H,17,18)/t11-,20-/m0/s1. The van der Waals surface area contributed by atoms with Crippen molar-refractivity contribution in [1.82, 2.24) is 4.90 Å². The summed E-state index contributed by atoms with van der Waals surface area (Å²) >= 11 is 0. The van der Waals surface area contributed by atoms with Crippen LogP contribution in [0.5, 0.6) is 0 Å². The minimum Gasteiger partial charge on any atom is -0.481 e. The SMILES string of the molecule is C[S@](=O)c1ccc(C(=O)N2CCC[C@H](C(=O)O)C2)cc1. The van der Waals surface area contributed by atoms with Crippen molar-refractivity contribution in [2.45, 2.75) is 17.7 Å². The second kappa shape index (κ2) is 6.17. The van der Waals surface area contributed by atoms with Crippen molar-refractivity contribution in [3.8, 4) is 0 Å². The van der Waals surface area contributed by atoms with Crippen LogP contribution in [-0.2, 0) is 15.6 Å². The van der Waals surface area contributed by atoms with Crippen LogP contribution in [0.1, 0.15) is 23.2 Å². The van der Waals surface area contributed by atoms with E-state index >= 15 is 0 Å². The summed E-state index contributed by atoms with van der Waals surface area (Å²) in [5.41, 5.74) is 0.505. The summed E-state index contributed by atoms with van der Waals surface area (Å²) in [5.74, 6) is -1.49. The smallest absolute Gasteiger partial charge is 0.308 e. The van der Waals surface area contributed by atoms with Gasteiger partial charge >= 0.3 is 5.97 Å².